The summed E-state index contributed by atoms with van der Waals surface area (Å²) in [6.07, 6.45) is 5.37. The minimum Gasteiger partial charge on any atom is -0.490 e. The highest BCUT2D eigenvalue weighted by Crippen LogP contribution is 2.29. The summed E-state index contributed by atoms with van der Waals surface area (Å²) in [7, 11) is 0. The van der Waals surface area contributed by atoms with Gasteiger partial charge in [-0.2, -0.15) is 0 Å². The maximum absolute atomic E-state index is 10.4. The molecule has 1 heterocycles. The summed E-state index contributed by atoms with van der Waals surface area (Å²) < 4.78 is 11.0. The molecule has 0 aliphatic heterocycles. The molecule has 21 heavy (non-hydrogen) atoms. The third kappa shape index (κ3) is 4.31. The first kappa shape index (κ1) is 14.5. The lowest BCUT2D eigenvalue weighted by Gasteiger charge is -2.09. The number of aliphatic carboxylic acids is 1. The predicted molar refractivity (Wildman–Crippen MR) is 76.4 cm³/mol. The van der Waals surface area contributed by atoms with E-state index in [0.717, 1.165) is 6.08 Å². The number of nitrogens with zero attached hydrogens (tertiary/aromatic N) is 2. The van der Waals surface area contributed by atoms with E-state index in [9.17, 15) is 4.79 Å². The zero-order valence-corrected chi connectivity index (χ0v) is 11.4. The number of benzene rings is 1. The van der Waals surface area contributed by atoms with Crippen molar-refractivity contribution < 1.29 is 19.4 Å². The predicted octanol–water partition coefficient (Wildman–Crippen LogP) is 2.77. The molecule has 0 saturated heterocycles. The van der Waals surface area contributed by atoms with Crippen LogP contribution in [0.5, 0.6) is 17.5 Å². The van der Waals surface area contributed by atoms with Gasteiger partial charge in [-0.3, -0.25) is 0 Å². The van der Waals surface area contributed by atoms with Crippen molar-refractivity contribution in [3.63, 3.8) is 0 Å². The van der Waals surface area contributed by atoms with Gasteiger partial charge < -0.3 is 14.6 Å². The Morgan fingerprint density at radius 1 is 1.24 bits per heavy atom. The van der Waals surface area contributed by atoms with Crippen LogP contribution in [-0.4, -0.2) is 27.7 Å². The van der Waals surface area contributed by atoms with Crippen LogP contribution < -0.4 is 9.47 Å². The summed E-state index contributed by atoms with van der Waals surface area (Å²) in [6, 6.07) is 7.38. The number of para-hydroxylation sites is 2. The largest absolute Gasteiger partial charge is 0.490 e. The molecule has 0 unspecified atom stereocenters. The summed E-state index contributed by atoms with van der Waals surface area (Å²) >= 11 is 0. The first-order valence-corrected chi connectivity index (χ1v) is 6.31. The Kier molecular flexibility index (Phi) is 4.87. The van der Waals surface area contributed by atoms with Gasteiger partial charge in [-0.1, -0.05) is 12.1 Å². The smallest absolute Gasteiger partial charge is 0.328 e. The SMILES string of the molecule is CCOc1ccccc1Oc1ncc(/C=C/C(=O)O)cn1. The molecule has 0 fully saturated rings. The molecule has 6 heteroatoms. The molecule has 0 radical (unpaired) electrons. The van der Waals surface area contributed by atoms with Crippen LogP contribution in [0.2, 0.25) is 0 Å². The molecule has 1 aromatic carbocycles. The maximum Gasteiger partial charge on any atom is 0.328 e. The maximum atomic E-state index is 10.4. The lowest BCUT2D eigenvalue weighted by Crippen LogP contribution is -1.97. The second-order valence-corrected chi connectivity index (χ2v) is 3.95. The van der Waals surface area contributed by atoms with E-state index in [-0.39, 0.29) is 6.01 Å². The Morgan fingerprint density at radius 3 is 2.52 bits per heavy atom. The van der Waals surface area contributed by atoms with Crippen molar-refractivity contribution in [2.75, 3.05) is 6.61 Å². The van der Waals surface area contributed by atoms with Gasteiger partial charge in [-0.15, -0.1) is 0 Å². The summed E-state index contributed by atoms with van der Waals surface area (Å²) in [6.45, 7) is 2.41. The molecule has 6 nitrogen and oxygen atoms in total. The van der Waals surface area contributed by atoms with Crippen LogP contribution in [0.15, 0.2) is 42.7 Å². The lowest BCUT2D eigenvalue weighted by atomic mass is 10.3. The van der Waals surface area contributed by atoms with Crippen LogP contribution >= 0.6 is 0 Å². The number of carboxylic acids is 1. The summed E-state index contributed by atoms with van der Waals surface area (Å²) in [5.74, 6) is 0.104. The molecule has 2 aromatic rings. The van der Waals surface area contributed by atoms with Crippen LogP contribution in [0.3, 0.4) is 0 Å². The second kappa shape index (κ2) is 7.04. The Labute approximate surface area is 121 Å². The van der Waals surface area contributed by atoms with Crippen molar-refractivity contribution in [3.05, 3.63) is 48.3 Å². The normalized spacial score (nSPS) is 10.5. The Bertz CT molecular complexity index is 638. The van der Waals surface area contributed by atoms with Gasteiger partial charge in [-0.25, -0.2) is 14.8 Å². The minimum absolute atomic E-state index is 0.162. The quantitative estimate of drug-likeness (QED) is 0.822. The van der Waals surface area contributed by atoms with Crippen LogP contribution in [-0.2, 0) is 4.79 Å². The molecule has 1 N–H and O–H groups in total. The van der Waals surface area contributed by atoms with Crippen LogP contribution in [0.4, 0.5) is 0 Å². The Hall–Kier alpha value is -2.89. The number of ether oxygens (including phenoxy) is 2. The average Bonchev–Trinajstić information content (AvgIpc) is 2.49. The molecule has 0 aliphatic rings. The zero-order chi connectivity index (χ0) is 15.1. The van der Waals surface area contributed by atoms with E-state index in [0.29, 0.717) is 23.7 Å². The van der Waals surface area contributed by atoms with Gasteiger partial charge in [0.15, 0.2) is 11.5 Å². The molecular formula is C15H14N2O4. The fraction of sp³-hybridized carbons (Fsp3) is 0.133. The van der Waals surface area contributed by atoms with E-state index >= 15 is 0 Å². The van der Waals surface area contributed by atoms with Crippen molar-refractivity contribution >= 4 is 12.0 Å². The highest BCUT2D eigenvalue weighted by Gasteiger charge is 2.06. The molecule has 0 saturated carbocycles. The molecule has 0 spiro atoms. The minimum atomic E-state index is -1.03. The van der Waals surface area contributed by atoms with E-state index < -0.39 is 5.97 Å². The van der Waals surface area contributed by atoms with Crippen LogP contribution in [0, 0.1) is 0 Å². The molecule has 0 aliphatic carbocycles. The van der Waals surface area contributed by atoms with Crippen LogP contribution in [0.25, 0.3) is 6.08 Å². The molecule has 1 aromatic heterocycles. The van der Waals surface area contributed by atoms with Crippen molar-refractivity contribution in [1.82, 2.24) is 9.97 Å². The van der Waals surface area contributed by atoms with Crippen molar-refractivity contribution in [3.8, 4) is 17.5 Å². The fourth-order valence-electron chi connectivity index (χ4n) is 1.54. The molecule has 0 amide bonds. The van der Waals surface area contributed by atoms with Gasteiger partial charge in [0.25, 0.3) is 0 Å². The molecular weight excluding hydrogens is 272 g/mol. The summed E-state index contributed by atoms with van der Waals surface area (Å²) in [5.41, 5.74) is 0.572. The third-order valence-corrected chi connectivity index (χ3v) is 2.42. The van der Waals surface area contributed by atoms with E-state index in [2.05, 4.69) is 9.97 Å². The van der Waals surface area contributed by atoms with Gasteiger partial charge in [0, 0.05) is 24.0 Å². The van der Waals surface area contributed by atoms with E-state index in [4.69, 9.17) is 14.6 Å². The third-order valence-electron chi connectivity index (χ3n) is 2.42. The van der Waals surface area contributed by atoms with Crippen molar-refractivity contribution in [2.24, 2.45) is 0 Å². The molecule has 108 valence electrons. The van der Waals surface area contributed by atoms with Crippen LogP contribution in [0.1, 0.15) is 12.5 Å². The van der Waals surface area contributed by atoms with Gasteiger partial charge >= 0.3 is 12.0 Å². The Morgan fingerprint density at radius 2 is 1.90 bits per heavy atom. The standard InChI is InChI=1S/C15H14N2O4/c1-2-20-12-5-3-4-6-13(12)21-15-16-9-11(10-17-15)7-8-14(18)19/h3-10H,2H2,1H3,(H,18,19)/b8-7+. The fourth-order valence-corrected chi connectivity index (χ4v) is 1.54. The van der Waals surface area contributed by atoms with Crippen molar-refractivity contribution in [1.29, 1.82) is 0 Å². The number of carbonyl (C=O) groups is 1. The number of carboxylic acid groups (broad SMARTS) is 1. The van der Waals surface area contributed by atoms with Gasteiger partial charge in [0.05, 0.1) is 6.61 Å². The average molecular weight is 286 g/mol. The highest BCUT2D eigenvalue weighted by molar-refractivity contribution is 5.85. The van der Waals surface area contributed by atoms with Crippen molar-refractivity contribution in [2.45, 2.75) is 6.92 Å². The molecule has 0 bridgehead atoms. The number of hydrogen-bond donors (Lipinski definition) is 1. The molecule has 0 atom stereocenters. The summed E-state index contributed by atoms with van der Waals surface area (Å²) in [4.78, 5) is 18.5. The zero-order valence-electron chi connectivity index (χ0n) is 11.4. The summed E-state index contributed by atoms with van der Waals surface area (Å²) in [5, 5.41) is 8.54. The number of rotatable bonds is 6. The number of hydrogen-bond acceptors (Lipinski definition) is 5. The van der Waals surface area contributed by atoms with E-state index in [1.165, 1.54) is 18.5 Å². The van der Waals surface area contributed by atoms with E-state index in [1.54, 1.807) is 12.1 Å². The Balaban J connectivity index is 2.12. The second-order valence-electron chi connectivity index (χ2n) is 3.95. The highest BCUT2D eigenvalue weighted by atomic mass is 16.5. The first-order chi connectivity index (χ1) is 10.2. The first-order valence-electron chi connectivity index (χ1n) is 6.31. The monoisotopic (exact) mass is 286 g/mol. The van der Waals surface area contributed by atoms with Gasteiger partial charge in [0.1, 0.15) is 0 Å². The molecule has 2 rings (SSSR count). The van der Waals surface area contributed by atoms with Gasteiger partial charge in [-0.05, 0) is 25.1 Å². The topological polar surface area (TPSA) is 81.5 Å². The number of aromatic nitrogens is 2. The van der Waals surface area contributed by atoms with E-state index in [1.807, 2.05) is 19.1 Å². The lowest BCUT2D eigenvalue weighted by molar-refractivity contribution is -0.131. The van der Waals surface area contributed by atoms with Gasteiger partial charge in [0.2, 0.25) is 0 Å².